The molecule has 0 aliphatic carbocycles. The van der Waals surface area contributed by atoms with Crippen LogP contribution in [0.2, 0.25) is 0 Å². The lowest BCUT2D eigenvalue weighted by Gasteiger charge is -2.13. The van der Waals surface area contributed by atoms with Gasteiger partial charge in [-0.15, -0.1) is 0 Å². The van der Waals surface area contributed by atoms with E-state index in [1.165, 1.54) is 0 Å². The molecule has 2 amide bonds. The molecule has 6 heteroatoms. The quantitative estimate of drug-likeness (QED) is 0.725. The predicted molar refractivity (Wildman–Crippen MR) is 90.6 cm³/mol. The molecule has 1 aromatic carbocycles. The first-order valence-corrected chi connectivity index (χ1v) is 8.03. The number of carbonyl (C=O) groups is 1. The fraction of sp³-hybridized carbons (Fsp3) is 0.333. The van der Waals surface area contributed by atoms with Crippen LogP contribution in [0.15, 0.2) is 45.5 Å². The summed E-state index contributed by atoms with van der Waals surface area (Å²) >= 11 is 0. The minimum absolute atomic E-state index is 0.0476. The van der Waals surface area contributed by atoms with Gasteiger partial charge in [-0.25, -0.2) is 4.79 Å². The maximum absolute atomic E-state index is 12.0. The topological polar surface area (TPSA) is 80.3 Å². The van der Waals surface area contributed by atoms with Crippen molar-refractivity contribution in [3.8, 4) is 0 Å². The van der Waals surface area contributed by atoms with Gasteiger partial charge in [0.05, 0.1) is 12.8 Å². The highest BCUT2D eigenvalue weighted by Gasteiger charge is 2.11. The van der Waals surface area contributed by atoms with Crippen LogP contribution in [0.5, 0.6) is 0 Å². The summed E-state index contributed by atoms with van der Waals surface area (Å²) in [6.45, 7) is 4.31. The third-order valence-corrected chi connectivity index (χ3v) is 3.90. The summed E-state index contributed by atoms with van der Waals surface area (Å²) < 4.78 is 10.6. The number of urea groups is 1. The highest BCUT2D eigenvalue weighted by Crippen LogP contribution is 2.19. The Morgan fingerprint density at radius 2 is 2.21 bits per heavy atom. The smallest absolute Gasteiger partial charge is 0.315 e. The van der Waals surface area contributed by atoms with Crippen LogP contribution in [0.3, 0.4) is 0 Å². The van der Waals surface area contributed by atoms with Gasteiger partial charge in [-0.05, 0) is 44.5 Å². The van der Waals surface area contributed by atoms with Crippen LogP contribution in [-0.4, -0.2) is 17.2 Å². The number of furan rings is 1. The molecular formula is C18H21N3O3. The second kappa shape index (κ2) is 7.21. The Hall–Kier alpha value is -2.76. The van der Waals surface area contributed by atoms with Crippen LogP contribution in [0.25, 0.3) is 11.0 Å². The summed E-state index contributed by atoms with van der Waals surface area (Å²) in [7, 11) is 0. The van der Waals surface area contributed by atoms with Crippen molar-refractivity contribution >= 4 is 17.0 Å². The number of hydrogen-bond donors (Lipinski definition) is 2. The number of carbonyl (C=O) groups excluding carboxylic acids is 1. The maximum Gasteiger partial charge on any atom is 0.315 e. The van der Waals surface area contributed by atoms with Gasteiger partial charge in [0.2, 0.25) is 0 Å². The second-order valence-electron chi connectivity index (χ2n) is 5.97. The largest absolute Gasteiger partial charge is 0.469 e. The van der Waals surface area contributed by atoms with Crippen LogP contribution >= 0.6 is 0 Å². The van der Waals surface area contributed by atoms with Gasteiger partial charge in [-0.3, -0.25) is 0 Å². The van der Waals surface area contributed by atoms with Gasteiger partial charge in [0, 0.05) is 17.8 Å². The SMILES string of the molecule is Cc1ccc2onc(CNC(=O)N[C@@H](C)CCc3ccco3)c2c1. The number of hydrogen-bond acceptors (Lipinski definition) is 4. The van der Waals surface area contributed by atoms with Crippen molar-refractivity contribution in [2.24, 2.45) is 0 Å². The summed E-state index contributed by atoms with van der Waals surface area (Å²) in [5, 5.41) is 10.7. The maximum atomic E-state index is 12.0. The van der Waals surface area contributed by atoms with Gasteiger partial charge in [0.1, 0.15) is 11.5 Å². The number of amides is 2. The van der Waals surface area contributed by atoms with Crippen molar-refractivity contribution in [1.29, 1.82) is 0 Å². The summed E-state index contributed by atoms with van der Waals surface area (Å²) in [6, 6.07) is 9.49. The molecule has 1 atom stereocenters. The number of aromatic nitrogens is 1. The van der Waals surface area contributed by atoms with Crippen molar-refractivity contribution in [3.63, 3.8) is 0 Å². The Morgan fingerprint density at radius 3 is 3.00 bits per heavy atom. The molecule has 0 aliphatic rings. The molecule has 0 radical (unpaired) electrons. The van der Waals surface area contributed by atoms with Gasteiger partial charge < -0.3 is 19.6 Å². The summed E-state index contributed by atoms with van der Waals surface area (Å²) in [5.41, 5.74) is 2.58. The van der Waals surface area contributed by atoms with E-state index >= 15 is 0 Å². The summed E-state index contributed by atoms with van der Waals surface area (Å²) in [6.07, 6.45) is 3.26. The van der Waals surface area contributed by atoms with Crippen LogP contribution in [0.4, 0.5) is 4.79 Å². The molecule has 3 aromatic rings. The third-order valence-electron chi connectivity index (χ3n) is 3.90. The first-order valence-electron chi connectivity index (χ1n) is 8.03. The fourth-order valence-electron chi connectivity index (χ4n) is 2.55. The Labute approximate surface area is 140 Å². The molecule has 0 saturated carbocycles. The van der Waals surface area contributed by atoms with Crippen LogP contribution < -0.4 is 10.6 Å². The van der Waals surface area contributed by atoms with Gasteiger partial charge in [-0.1, -0.05) is 16.8 Å². The minimum atomic E-state index is -0.217. The molecule has 6 nitrogen and oxygen atoms in total. The molecule has 2 aromatic heterocycles. The van der Waals surface area contributed by atoms with Gasteiger partial charge in [0.25, 0.3) is 0 Å². The van der Waals surface area contributed by atoms with E-state index in [0.29, 0.717) is 6.54 Å². The molecule has 0 aliphatic heterocycles. The van der Waals surface area contributed by atoms with Crippen molar-refractivity contribution < 1.29 is 13.7 Å². The molecule has 0 spiro atoms. The van der Waals surface area contributed by atoms with Gasteiger partial charge in [0.15, 0.2) is 5.58 Å². The van der Waals surface area contributed by atoms with E-state index in [1.807, 2.05) is 44.2 Å². The average Bonchev–Trinajstić information content (AvgIpc) is 3.20. The normalized spacial score (nSPS) is 12.2. The zero-order chi connectivity index (χ0) is 16.9. The highest BCUT2D eigenvalue weighted by atomic mass is 16.5. The number of aryl methyl sites for hydroxylation is 2. The van der Waals surface area contributed by atoms with E-state index in [0.717, 1.165) is 40.8 Å². The Balaban J connectivity index is 1.48. The Kier molecular flexibility index (Phi) is 4.84. The third kappa shape index (κ3) is 3.95. The van der Waals surface area contributed by atoms with Crippen molar-refractivity contribution in [2.75, 3.05) is 0 Å². The molecule has 0 saturated heterocycles. The first kappa shape index (κ1) is 16.1. The molecule has 126 valence electrons. The molecular weight excluding hydrogens is 306 g/mol. The zero-order valence-corrected chi connectivity index (χ0v) is 13.8. The Bertz CT molecular complexity index is 808. The molecule has 24 heavy (non-hydrogen) atoms. The average molecular weight is 327 g/mol. The molecule has 2 heterocycles. The Morgan fingerprint density at radius 1 is 1.33 bits per heavy atom. The lowest BCUT2D eigenvalue weighted by Crippen LogP contribution is -2.40. The number of rotatable bonds is 6. The van der Waals surface area contributed by atoms with Crippen LogP contribution in [0.1, 0.15) is 30.4 Å². The zero-order valence-electron chi connectivity index (χ0n) is 13.8. The molecule has 3 rings (SSSR count). The lowest BCUT2D eigenvalue weighted by atomic mass is 10.1. The summed E-state index contributed by atoms with van der Waals surface area (Å²) in [4.78, 5) is 12.0. The molecule has 0 unspecified atom stereocenters. The van der Waals surface area contributed by atoms with Gasteiger partial charge in [-0.2, -0.15) is 0 Å². The minimum Gasteiger partial charge on any atom is -0.469 e. The van der Waals surface area contributed by atoms with E-state index in [2.05, 4.69) is 15.8 Å². The van der Waals surface area contributed by atoms with Crippen molar-refractivity contribution in [3.05, 3.63) is 53.6 Å². The fourth-order valence-corrected chi connectivity index (χ4v) is 2.55. The lowest BCUT2D eigenvalue weighted by molar-refractivity contribution is 0.236. The molecule has 0 fully saturated rings. The standard InChI is InChI=1S/C18H21N3O3/c1-12-5-8-17-15(10-12)16(21-24-17)11-19-18(22)20-13(2)6-7-14-4-3-9-23-14/h3-5,8-10,13H,6-7,11H2,1-2H3,(H2,19,20,22)/t13-/m0/s1. The van der Waals surface area contributed by atoms with E-state index in [4.69, 9.17) is 8.94 Å². The number of fused-ring (bicyclic) bond motifs is 1. The number of nitrogens with one attached hydrogen (secondary N) is 2. The monoisotopic (exact) mass is 327 g/mol. The number of benzene rings is 1. The molecule has 2 N–H and O–H groups in total. The van der Waals surface area contributed by atoms with E-state index in [9.17, 15) is 4.79 Å². The van der Waals surface area contributed by atoms with E-state index < -0.39 is 0 Å². The highest BCUT2D eigenvalue weighted by molar-refractivity contribution is 5.81. The van der Waals surface area contributed by atoms with Crippen molar-refractivity contribution in [1.82, 2.24) is 15.8 Å². The number of nitrogens with zero attached hydrogens (tertiary/aromatic N) is 1. The van der Waals surface area contributed by atoms with E-state index in [1.54, 1.807) is 6.26 Å². The predicted octanol–water partition coefficient (Wildman–Crippen LogP) is 3.55. The molecule has 0 bridgehead atoms. The summed E-state index contributed by atoms with van der Waals surface area (Å²) in [5.74, 6) is 0.925. The second-order valence-corrected chi connectivity index (χ2v) is 5.97. The van der Waals surface area contributed by atoms with Crippen molar-refractivity contribution in [2.45, 2.75) is 39.3 Å². The van der Waals surface area contributed by atoms with Gasteiger partial charge >= 0.3 is 6.03 Å². The van der Waals surface area contributed by atoms with Crippen LogP contribution in [0, 0.1) is 6.92 Å². The van der Waals surface area contributed by atoms with E-state index in [-0.39, 0.29) is 12.1 Å². The first-order chi connectivity index (χ1) is 11.6. The van der Waals surface area contributed by atoms with Crippen LogP contribution in [-0.2, 0) is 13.0 Å².